The van der Waals surface area contributed by atoms with E-state index >= 15 is 0 Å². The first-order chi connectivity index (χ1) is 15.8. The number of aromatic nitrogens is 2. The van der Waals surface area contributed by atoms with Gasteiger partial charge in [-0.25, -0.2) is 17.9 Å². The van der Waals surface area contributed by atoms with E-state index in [2.05, 4.69) is 4.72 Å². The van der Waals surface area contributed by atoms with Gasteiger partial charge in [-0.15, -0.1) is 0 Å². The average molecular weight is 471 g/mol. The molecule has 1 aliphatic rings. The summed E-state index contributed by atoms with van der Waals surface area (Å²) in [6, 6.07) is 13.2. The lowest BCUT2D eigenvalue weighted by atomic mass is 10.2. The third kappa shape index (κ3) is 4.76. The number of carbonyl (C=O) groups excluding carboxylic acids is 1. The lowest BCUT2D eigenvalue weighted by molar-refractivity contribution is -0.130. The number of carbonyl (C=O) groups is 1. The van der Waals surface area contributed by atoms with Crippen LogP contribution in [0.4, 0.5) is 0 Å². The number of hydrogen-bond acceptors (Lipinski definition) is 5. The normalized spacial score (nSPS) is 14.2. The predicted octanol–water partition coefficient (Wildman–Crippen LogP) is 1.19. The summed E-state index contributed by atoms with van der Waals surface area (Å²) in [6.07, 6.45) is 1.95. The molecule has 2 aromatic carbocycles. The second kappa shape index (κ2) is 9.32. The molecule has 0 radical (unpaired) electrons. The van der Waals surface area contributed by atoms with Gasteiger partial charge < -0.3 is 4.90 Å². The van der Waals surface area contributed by atoms with E-state index < -0.39 is 21.3 Å². The monoisotopic (exact) mass is 470 g/mol. The van der Waals surface area contributed by atoms with Gasteiger partial charge in [0.15, 0.2) is 0 Å². The standard InChI is InChI=1S/C23H26N4O5S/c1-25-20-10-9-18(33(31,32)24-16-17-7-3-2-4-8-17)15-19(20)22(29)27(23(25)30)14-11-21(28)26-12-5-6-13-26/h2-4,7-10,15,24H,5-6,11-14,16H2,1H3. The van der Waals surface area contributed by atoms with Gasteiger partial charge in [0.25, 0.3) is 5.56 Å². The molecule has 4 rings (SSSR count). The summed E-state index contributed by atoms with van der Waals surface area (Å²) in [5, 5.41) is 0.105. The van der Waals surface area contributed by atoms with Crippen molar-refractivity contribution in [1.82, 2.24) is 18.8 Å². The second-order valence-electron chi connectivity index (χ2n) is 8.13. The Morgan fingerprint density at radius 1 is 1.03 bits per heavy atom. The maximum Gasteiger partial charge on any atom is 0.331 e. The SMILES string of the molecule is Cn1c(=O)n(CCC(=O)N2CCCC2)c(=O)c2cc(S(=O)(=O)NCc3ccccc3)ccc21. The fourth-order valence-corrected chi connectivity index (χ4v) is 5.09. The summed E-state index contributed by atoms with van der Waals surface area (Å²) in [6.45, 7) is 1.44. The molecule has 9 nitrogen and oxygen atoms in total. The Labute approximate surface area is 191 Å². The summed E-state index contributed by atoms with van der Waals surface area (Å²) in [4.78, 5) is 39.9. The number of fused-ring (bicyclic) bond motifs is 1. The number of amides is 1. The van der Waals surface area contributed by atoms with E-state index in [9.17, 15) is 22.8 Å². The largest absolute Gasteiger partial charge is 0.343 e. The third-order valence-corrected chi connectivity index (χ3v) is 7.35. The summed E-state index contributed by atoms with van der Waals surface area (Å²) in [5.74, 6) is -0.0945. The van der Waals surface area contributed by atoms with Crippen molar-refractivity contribution in [2.24, 2.45) is 7.05 Å². The molecule has 1 aliphatic heterocycles. The Morgan fingerprint density at radius 2 is 1.73 bits per heavy atom. The van der Waals surface area contributed by atoms with Gasteiger partial charge in [0.1, 0.15) is 0 Å². The van der Waals surface area contributed by atoms with Gasteiger partial charge in [-0.1, -0.05) is 30.3 Å². The molecular weight excluding hydrogens is 444 g/mol. The molecule has 33 heavy (non-hydrogen) atoms. The Bertz CT molecular complexity index is 1400. The number of hydrogen-bond donors (Lipinski definition) is 1. The molecule has 1 aromatic heterocycles. The highest BCUT2D eigenvalue weighted by molar-refractivity contribution is 7.89. The Morgan fingerprint density at radius 3 is 2.42 bits per heavy atom. The van der Waals surface area contributed by atoms with Crippen molar-refractivity contribution in [3.8, 4) is 0 Å². The van der Waals surface area contributed by atoms with Crippen molar-refractivity contribution < 1.29 is 13.2 Å². The molecule has 10 heteroatoms. The van der Waals surface area contributed by atoms with Crippen LogP contribution in [0.15, 0.2) is 63.0 Å². The van der Waals surface area contributed by atoms with E-state index in [1.807, 2.05) is 18.2 Å². The zero-order chi connectivity index (χ0) is 23.6. The molecule has 0 spiro atoms. The van der Waals surface area contributed by atoms with Crippen molar-refractivity contribution in [2.45, 2.75) is 37.2 Å². The molecule has 0 atom stereocenters. The number of sulfonamides is 1. The Hall–Kier alpha value is -3.24. The number of benzene rings is 2. The summed E-state index contributed by atoms with van der Waals surface area (Å²) >= 11 is 0. The molecule has 0 aliphatic carbocycles. The van der Waals surface area contributed by atoms with Crippen LogP contribution in [-0.2, 0) is 35.0 Å². The molecule has 1 fully saturated rings. The van der Waals surface area contributed by atoms with Crippen LogP contribution in [0.1, 0.15) is 24.8 Å². The van der Waals surface area contributed by atoms with Gasteiger partial charge in [0.05, 0.1) is 15.8 Å². The van der Waals surface area contributed by atoms with Crippen LogP contribution in [0.2, 0.25) is 0 Å². The van der Waals surface area contributed by atoms with E-state index in [-0.39, 0.29) is 35.7 Å². The number of nitrogens with zero attached hydrogens (tertiary/aromatic N) is 3. The molecular formula is C23H26N4O5S. The maximum atomic E-state index is 13.1. The first kappa shape index (κ1) is 22.9. The molecule has 174 valence electrons. The lowest BCUT2D eigenvalue weighted by Gasteiger charge is -2.16. The molecule has 0 bridgehead atoms. The first-order valence-electron chi connectivity index (χ1n) is 10.8. The van der Waals surface area contributed by atoms with E-state index in [0.717, 1.165) is 23.0 Å². The van der Waals surface area contributed by atoms with Gasteiger partial charge in [-0.3, -0.25) is 18.7 Å². The zero-order valence-electron chi connectivity index (χ0n) is 18.4. The number of aryl methyl sites for hydroxylation is 1. The fraction of sp³-hybridized carbons (Fsp3) is 0.348. The van der Waals surface area contributed by atoms with Crippen molar-refractivity contribution in [2.75, 3.05) is 13.1 Å². The molecule has 2 heterocycles. The topological polar surface area (TPSA) is 110 Å². The van der Waals surface area contributed by atoms with Crippen molar-refractivity contribution in [1.29, 1.82) is 0 Å². The lowest BCUT2D eigenvalue weighted by Crippen LogP contribution is -2.40. The molecule has 0 unspecified atom stereocenters. The van der Waals surface area contributed by atoms with Crippen molar-refractivity contribution in [3.05, 3.63) is 74.9 Å². The van der Waals surface area contributed by atoms with Gasteiger partial charge in [-0.05, 0) is 36.6 Å². The highest BCUT2D eigenvalue weighted by atomic mass is 32.2. The Balaban J connectivity index is 1.64. The summed E-state index contributed by atoms with van der Waals surface area (Å²) in [7, 11) is -2.37. The average Bonchev–Trinajstić information content (AvgIpc) is 3.37. The van der Waals surface area contributed by atoms with Gasteiger partial charge in [0.2, 0.25) is 15.9 Å². The van der Waals surface area contributed by atoms with Gasteiger partial charge in [-0.2, -0.15) is 0 Å². The summed E-state index contributed by atoms with van der Waals surface area (Å²) in [5.41, 5.74) is -0.0228. The molecule has 1 amide bonds. The minimum absolute atomic E-state index is 0.0390. The minimum atomic E-state index is -3.89. The highest BCUT2D eigenvalue weighted by Gasteiger charge is 2.20. The van der Waals surface area contributed by atoms with Gasteiger partial charge >= 0.3 is 5.69 Å². The second-order valence-corrected chi connectivity index (χ2v) is 9.89. The quantitative estimate of drug-likeness (QED) is 0.558. The van der Waals surface area contributed by atoms with Crippen LogP contribution in [0.3, 0.4) is 0 Å². The van der Waals surface area contributed by atoms with Crippen molar-refractivity contribution in [3.63, 3.8) is 0 Å². The zero-order valence-corrected chi connectivity index (χ0v) is 19.2. The number of likely N-dealkylation sites (tertiary alicyclic amines) is 1. The maximum absolute atomic E-state index is 13.1. The van der Waals surface area contributed by atoms with Crippen LogP contribution in [0, 0.1) is 0 Å². The first-order valence-corrected chi connectivity index (χ1v) is 12.3. The number of nitrogens with one attached hydrogen (secondary N) is 1. The predicted molar refractivity (Wildman–Crippen MR) is 124 cm³/mol. The summed E-state index contributed by atoms with van der Waals surface area (Å²) < 4.78 is 30.5. The highest BCUT2D eigenvalue weighted by Crippen LogP contribution is 2.16. The minimum Gasteiger partial charge on any atom is -0.343 e. The third-order valence-electron chi connectivity index (χ3n) is 5.95. The van der Waals surface area contributed by atoms with Crippen molar-refractivity contribution >= 4 is 26.8 Å². The smallest absolute Gasteiger partial charge is 0.331 e. The Kier molecular flexibility index (Phi) is 6.48. The van der Waals surface area contributed by atoms with E-state index in [4.69, 9.17) is 0 Å². The van der Waals surface area contributed by atoms with Crippen LogP contribution < -0.4 is 16.0 Å². The van der Waals surface area contributed by atoms with Crippen LogP contribution in [0.25, 0.3) is 10.9 Å². The van der Waals surface area contributed by atoms with Gasteiger partial charge in [0, 0.05) is 39.6 Å². The molecule has 0 saturated carbocycles. The van der Waals surface area contributed by atoms with Crippen LogP contribution >= 0.6 is 0 Å². The molecule has 3 aromatic rings. The molecule has 1 N–H and O–H groups in total. The van der Waals surface area contributed by atoms with Crippen LogP contribution in [0.5, 0.6) is 0 Å². The number of rotatable bonds is 7. The van der Waals surface area contributed by atoms with E-state index in [1.165, 1.54) is 29.8 Å². The fourth-order valence-electron chi connectivity index (χ4n) is 4.05. The molecule has 1 saturated heterocycles. The van der Waals surface area contributed by atoms with Crippen LogP contribution in [-0.4, -0.2) is 41.4 Å². The van der Waals surface area contributed by atoms with E-state index in [0.29, 0.717) is 18.6 Å². The van der Waals surface area contributed by atoms with E-state index in [1.54, 1.807) is 17.0 Å².